The fourth-order valence-corrected chi connectivity index (χ4v) is 6.79. The van der Waals surface area contributed by atoms with Crippen LogP contribution in [-0.2, 0) is 16.2 Å². The first kappa shape index (κ1) is 28.4. The first-order valence-electron chi connectivity index (χ1n) is 14.0. The van der Waals surface area contributed by atoms with E-state index >= 15 is 0 Å². The van der Waals surface area contributed by atoms with Gasteiger partial charge in [0, 0.05) is 29.7 Å². The quantitative estimate of drug-likeness (QED) is 0.397. The maximum atomic E-state index is 14.4. The summed E-state index contributed by atoms with van der Waals surface area (Å²) in [6.07, 6.45) is 1.94. The molecule has 0 radical (unpaired) electrons. The number of thioether (sulfide) groups is 1. The van der Waals surface area contributed by atoms with Gasteiger partial charge in [-0.15, -0.1) is 11.8 Å². The van der Waals surface area contributed by atoms with Crippen molar-refractivity contribution >= 4 is 41.1 Å². The summed E-state index contributed by atoms with van der Waals surface area (Å²) in [5, 5.41) is 11.6. The number of ether oxygens (including phenoxy) is 1. The van der Waals surface area contributed by atoms with E-state index in [1.807, 2.05) is 35.2 Å². The highest BCUT2D eigenvalue weighted by Crippen LogP contribution is 2.35. The highest BCUT2D eigenvalue weighted by Gasteiger charge is 2.46. The summed E-state index contributed by atoms with van der Waals surface area (Å²) in [6, 6.07) is 18.3. The van der Waals surface area contributed by atoms with Gasteiger partial charge in [0.25, 0.3) is 11.8 Å². The average Bonchev–Trinajstić information content (AvgIpc) is 3.27. The standard InChI is InChI=1S/C32H27FN4O5S/c33-24-16-20(17-34)6-9-25(24)36-14-12-22(13-15-36)43-21-7-4-19(5-8-21)18-42-27-3-1-2-23-29(27)32(41)37(31(23)40)26-10-11-28(38)35-30(26)39/h1-9,16,22,26H,10-15,18H2,(H,35,38,39)/t26-/m1/s1. The van der Waals surface area contributed by atoms with Gasteiger partial charge in [-0.2, -0.15) is 5.26 Å². The van der Waals surface area contributed by atoms with Crippen LogP contribution in [0.4, 0.5) is 10.1 Å². The minimum atomic E-state index is -1.03. The van der Waals surface area contributed by atoms with Crippen molar-refractivity contribution in [1.82, 2.24) is 10.2 Å². The Labute approximate surface area is 251 Å². The van der Waals surface area contributed by atoms with Crippen LogP contribution < -0.4 is 15.0 Å². The largest absolute Gasteiger partial charge is 0.488 e. The molecule has 1 atom stereocenters. The number of rotatable bonds is 7. The van der Waals surface area contributed by atoms with Crippen LogP contribution in [0.1, 0.15) is 57.5 Å². The minimum Gasteiger partial charge on any atom is -0.488 e. The highest BCUT2D eigenvalue weighted by atomic mass is 32.2. The number of nitrogens with one attached hydrogen (secondary N) is 1. The lowest BCUT2D eigenvalue weighted by Gasteiger charge is -2.33. The predicted octanol–water partition coefficient (Wildman–Crippen LogP) is 4.44. The molecule has 3 aliphatic heterocycles. The molecule has 1 N–H and O–H groups in total. The zero-order chi connectivity index (χ0) is 30.1. The number of piperidine rings is 2. The molecule has 43 heavy (non-hydrogen) atoms. The van der Waals surface area contributed by atoms with Crippen molar-refractivity contribution in [2.24, 2.45) is 0 Å². The summed E-state index contributed by atoms with van der Waals surface area (Å²) >= 11 is 1.78. The number of carbonyl (C=O) groups is 4. The summed E-state index contributed by atoms with van der Waals surface area (Å²) in [4.78, 5) is 54.3. The number of benzene rings is 3. The second-order valence-electron chi connectivity index (χ2n) is 10.6. The van der Waals surface area contributed by atoms with Crippen LogP contribution in [0.2, 0.25) is 0 Å². The maximum Gasteiger partial charge on any atom is 0.266 e. The second-order valence-corrected chi connectivity index (χ2v) is 12.0. The molecule has 0 spiro atoms. The number of fused-ring (bicyclic) bond motifs is 1. The van der Waals surface area contributed by atoms with Crippen molar-refractivity contribution in [2.75, 3.05) is 18.0 Å². The molecule has 0 aliphatic carbocycles. The number of nitriles is 1. The van der Waals surface area contributed by atoms with E-state index in [2.05, 4.69) is 5.32 Å². The van der Waals surface area contributed by atoms with Crippen LogP contribution in [-0.4, -0.2) is 52.9 Å². The highest BCUT2D eigenvalue weighted by molar-refractivity contribution is 8.00. The third-order valence-corrected chi connectivity index (χ3v) is 9.26. The van der Waals surface area contributed by atoms with Crippen molar-refractivity contribution in [3.05, 3.63) is 88.7 Å². The molecule has 218 valence electrons. The van der Waals surface area contributed by atoms with E-state index in [9.17, 15) is 23.6 Å². The molecular formula is C32H27FN4O5S. The first-order valence-corrected chi connectivity index (χ1v) is 14.9. The topological polar surface area (TPSA) is 120 Å². The summed E-state index contributed by atoms with van der Waals surface area (Å²) in [6.45, 7) is 1.64. The smallest absolute Gasteiger partial charge is 0.266 e. The second kappa shape index (κ2) is 11.9. The molecule has 0 unspecified atom stereocenters. The van der Waals surface area contributed by atoms with E-state index in [1.165, 1.54) is 12.1 Å². The van der Waals surface area contributed by atoms with Gasteiger partial charge in [-0.1, -0.05) is 18.2 Å². The van der Waals surface area contributed by atoms with Gasteiger partial charge in [0.2, 0.25) is 11.8 Å². The third-order valence-electron chi connectivity index (χ3n) is 7.91. The van der Waals surface area contributed by atoms with E-state index in [4.69, 9.17) is 10.00 Å². The van der Waals surface area contributed by atoms with Crippen LogP contribution in [0.5, 0.6) is 5.75 Å². The summed E-state index contributed by atoms with van der Waals surface area (Å²) in [5.41, 5.74) is 2.02. The number of hydrogen-bond donors (Lipinski definition) is 1. The Bertz CT molecular complexity index is 1660. The normalized spacial score (nSPS) is 18.8. The van der Waals surface area contributed by atoms with Gasteiger partial charge in [-0.25, -0.2) is 4.39 Å². The molecule has 3 heterocycles. The van der Waals surface area contributed by atoms with Crippen LogP contribution in [0.3, 0.4) is 0 Å². The van der Waals surface area contributed by atoms with E-state index in [0.29, 0.717) is 16.5 Å². The van der Waals surface area contributed by atoms with Gasteiger partial charge in [0.15, 0.2) is 0 Å². The number of amides is 4. The van der Waals surface area contributed by atoms with Gasteiger partial charge in [-0.3, -0.25) is 29.4 Å². The van der Waals surface area contributed by atoms with Gasteiger partial charge in [0.05, 0.1) is 28.4 Å². The van der Waals surface area contributed by atoms with Gasteiger partial charge in [-0.05, 0) is 67.3 Å². The van der Waals surface area contributed by atoms with E-state index in [0.717, 1.165) is 41.3 Å². The number of halogens is 1. The molecule has 2 fully saturated rings. The molecule has 3 aliphatic rings. The Hall–Kier alpha value is -4.69. The Morgan fingerprint density at radius 2 is 1.74 bits per heavy atom. The number of imide groups is 2. The lowest BCUT2D eigenvalue weighted by Crippen LogP contribution is -2.54. The zero-order valence-electron chi connectivity index (χ0n) is 23.0. The number of carbonyl (C=O) groups excluding carboxylic acids is 4. The lowest BCUT2D eigenvalue weighted by molar-refractivity contribution is -0.136. The van der Waals surface area contributed by atoms with Crippen LogP contribution >= 0.6 is 11.8 Å². The van der Waals surface area contributed by atoms with Gasteiger partial charge >= 0.3 is 0 Å². The maximum absolute atomic E-state index is 14.4. The Balaban J connectivity index is 1.05. The molecule has 4 amide bonds. The Morgan fingerprint density at radius 1 is 0.977 bits per heavy atom. The molecule has 3 aromatic rings. The molecular weight excluding hydrogens is 571 g/mol. The summed E-state index contributed by atoms with van der Waals surface area (Å²) in [5.74, 6) is -2.37. The summed E-state index contributed by atoms with van der Waals surface area (Å²) < 4.78 is 20.4. The molecule has 0 bridgehead atoms. The molecule has 0 aromatic heterocycles. The zero-order valence-corrected chi connectivity index (χ0v) is 23.9. The molecule has 0 saturated carbocycles. The van der Waals surface area contributed by atoms with E-state index < -0.39 is 29.7 Å². The van der Waals surface area contributed by atoms with E-state index in [1.54, 1.807) is 36.0 Å². The van der Waals surface area contributed by atoms with Crippen molar-refractivity contribution in [1.29, 1.82) is 5.26 Å². The van der Waals surface area contributed by atoms with Gasteiger partial charge < -0.3 is 9.64 Å². The number of anilines is 1. The van der Waals surface area contributed by atoms with Crippen molar-refractivity contribution < 1.29 is 28.3 Å². The Morgan fingerprint density at radius 3 is 2.44 bits per heavy atom. The molecule has 6 rings (SSSR count). The molecule has 11 heteroatoms. The third kappa shape index (κ3) is 5.70. The molecule has 3 aromatic carbocycles. The summed E-state index contributed by atoms with van der Waals surface area (Å²) in [7, 11) is 0. The SMILES string of the molecule is N#Cc1ccc(N2CCC(Sc3ccc(COc4cccc5c4C(=O)N([C@@H]4CCC(=O)NC4=O)C5=O)cc3)CC2)c(F)c1. The monoisotopic (exact) mass is 598 g/mol. The number of hydrogen-bond acceptors (Lipinski definition) is 8. The van der Waals surface area contributed by atoms with Crippen molar-refractivity contribution in [3.8, 4) is 11.8 Å². The van der Waals surface area contributed by atoms with Crippen LogP contribution in [0, 0.1) is 17.1 Å². The molecule has 9 nitrogen and oxygen atoms in total. The fourth-order valence-electron chi connectivity index (χ4n) is 5.67. The van der Waals surface area contributed by atoms with Gasteiger partial charge in [0.1, 0.15) is 24.2 Å². The molecule has 2 saturated heterocycles. The van der Waals surface area contributed by atoms with Crippen molar-refractivity contribution in [2.45, 2.75) is 48.5 Å². The first-order chi connectivity index (χ1) is 20.8. The lowest BCUT2D eigenvalue weighted by atomic mass is 10.0. The minimum absolute atomic E-state index is 0.0548. The van der Waals surface area contributed by atoms with E-state index in [-0.39, 0.29) is 42.1 Å². The Kier molecular flexibility index (Phi) is 7.86. The van der Waals surface area contributed by atoms with Crippen molar-refractivity contribution in [3.63, 3.8) is 0 Å². The number of nitrogens with zero attached hydrogens (tertiary/aromatic N) is 3. The van der Waals surface area contributed by atoms with Crippen LogP contribution in [0.25, 0.3) is 0 Å². The van der Waals surface area contributed by atoms with Crippen LogP contribution in [0.15, 0.2) is 65.6 Å². The average molecular weight is 599 g/mol. The fraction of sp³-hybridized carbons (Fsp3) is 0.281. The predicted molar refractivity (Wildman–Crippen MR) is 156 cm³/mol.